The van der Waals surface area contributed by atoms with Crippen LogP contribution in [0.15, 0.2) is 47.6 Å². The molecule has 3 N–H and O–H groups in total. The lowest BCUT2D eigenvalue weighted by Gasteiger charge is -2.18. The molecule has 1 aromatic heterocycles. The normalized spacial score (nSPS) is 13.0. The zero-order valence-corrected chi connectivity index (χ0v) is 19.7. The smallest absolute Gasteiger partial charge is 0.325 e. The van der Waals surface area contributed by atoms with Gasteiger partial charge in [0.15, 0.2) is 0 Å². The first kappa shape index (κ1) is 29.2. The van der Waals surface area contributed by atoms with Crippen LogP contribution in [-0.4, -0.2) is 24.1 Å². The molecular weight excluding hydrogens is 583 g/mol. The summed E-state index contributed by atoms with van der Waals surface area (Å²) < 4.78 is 143. The largest absolute Gasteiger partial charge is 0.419 e. The number of nitrogens with one attached hydrogen (secondary N) is 1. The minimum Gasteiger partial charge on any atom is -0.325 e. The maximum Gasteiger partial charge on any atom is 0.419 e. The van der Waals surface area contributed by atoms with E-state index in [1.807, 2.05) is 0 Å². The van der Waals surface area contributed by atoms with Crippen LogP contribution in [0.3, 0.4) is 0 Å². The Balaban J connectivity index is 2.10. The van der Waals surface area contributed by atoms with E-state index in [1.165, 1.54) is 0 Å². The highest BCUT2D eigenvalue weighted by atomic mass is 35.5. The summed E-state index contributed by atoms with van der Waals surface area (Å²) in [5.74, 6) is -1.33. The van der Waals surface area contributed by atoms with Crippen molar-refractivity contribution in [2.45, 2.75) is 29.8 Å². The minimum absolute atomic E-state index is 0.0970. The predicted octanol–water partition coefficient (Wildman–Crippen LogP) is 5.41. The van der Waals surface area contributed by atoms with Crippen LogP contribution in [0.4, 0.5) is 45.2 Å². The fourth-order valence-electron chi connectivity index (χ4n) is 3.17. The molecule has 38 heavy (non-hydrogen) atoms. The van der Waals surface area contributed by atoms with Crippen LogP contribution in [0.25, 0.3) is 5.69 Å². The Morgan fingerprint density at radius 3 is 2.05 bits per heavy atom. The topological polar surface area (TPSA) is 107 Å². The average molecular weight is 595 g/mol. The van der Waals surface area contributed by atoms with Crippen molar-refractivity contribution in [3.05, 3.63) is 70.0 Å². The van der Waals surface area contributed by atoms with Crippen molar-refractivity contribution in [1.29, 1.82) is 0 Å². The average Bonchev–Trinajstić information content (AvgIpc) is 3.23. The number of sulfonamides is 1. The molecule has 3 rings (SSSR count). The van der Waals surface area contributed by atoms with Gasteiger partial charge in [0, 0.05) is 11.2 Å². The fraction of sp³-hybridized carbons (Fsp3) is 0.200. The van der Waals surface area contributed by atoms with E-state index in [9.17, 15) is 52.7 Å². The van der Waals surface area contributed by atoms with Gasteiger partial charge in [0.2, 0.25) is 15.9 Å². The first-order chi connectivity index (χ1) is 17.2. The number of nitrogens with zero attached hydrogens (tertiary/aromatic N) is 2. The maximum atomic E-state index is 13.8. The molecule has 0 fully saturated rings. The Morgan fingerprint density at radius 2 is 1.55 bits per heavy atom. The van der Waals surface area contributed by atoms with Gasteiger partial charge in [-0.25, -0.2) is 18.2 Å². The lowest BCUT2D eigenvalue weighted by Crippen LogP contribution is -2.22. The molecule has 3 aromatic rings. The number of benzene rings is 2. The summed E-state index contributed by atoms with van der Waals surface area (Å²) in [6.07, 6.45) is -15.6. The van der Waals surface area contributed by atoms with Gasteiger partial charge in [-0.1, -0.05) is 11.6 Å². The Kier molecular flexibility index (Phi) is 7.52. The number of hydrogen-bond donors (Lipinski definition) is 2. The van der Waals surface area contributed by atoms with Gasteiger partial charge in [-0.15, -0.1) is 0 Å². The molecule has 0 saturated heterocycles. The molecule has 2 aromatic carbocycles. The molecule has 0 unspecified atom stereocenters. The van der Waals surface area contributed by atoms with Gasteiger partial charge in [0.1, 0.15) is 4.90 Å². The van der Waals surface area contributed by atoms with Crippen LogP contribution in [0.5, 0.6) is 0 Å². The van der Waals surface area contributed by atoms with Gasteiger partial charge in [0.05, 0.1) is 40.7 Å². The SMILES string of the molecule is NS(=O)(=O)c1cc(NC(=O)Cc2cc(C(F)(F)F)ccc2Cl)c(C(F)(F)F)cc1-n1cc(C(F)(F)F)cn1. The van der Waals surface area contributed by atoms with Crippen molar-refractivity contribution >= 4 is 33.2 Å². The zero-order valence-electron chi connectivity index (χ0n) is 18.1. The molecule has 0 aliphatic carbocycles. The minimum atomic E-state index is -5.30. The van der Waals surface area contributed by atoms with E-state index in [0.717, 1.165) is 6.07 Å². The Bertz CT molecular complexity index is 1500. The van der Waals surface area contributed by atoms with Gasteiger partial charge in [-0.3, -0.25) is 4.79 Å². The number of nitrogens with two attached hydrogens (primary N) is 1. The number of carbonyl (C=O) groups excluding carboxylic acids is 1. The van der Waals surface area contributed by atoms with Crippen molar-refractivity contribution < 1.29 is 52.7 Å². The molecule has 206 valence electrons. The van der Waals surface area contributed by atoms with Gasteiger partial charge in [0.25, 0.3) is 0 Å². The number of anilines is 1. The summed E-state index contributed by atoms with van der Waals surface area (Å²) >= 11 is 5.79. The third kappa shape index (κ3) is 6.57. The molecule has 7 nitrogen and oxygen atoms in total. The standard InChI is InChI=1S/C20H12ClF9N4O3S/c21-13-2-1-10(18(22,23)24)3-9(13)4-17(35)33-14-6-16(38(31,36)37)15(5-12(14)20(28,29)30)34-8-11(7-32-34)19(25,26)27/h1-3,5-8H,4H2,(H,33,35)(H2,31,36,37). The fourth-order valence-corrected chi connectivity index (χ4v) is 4.08. The predicted molar refractivity (Wildman–Crippen MR) is 114 cm³/mol. The number of carbonyl (C=O) groups is 1. The molecular formula is C20H12ClF9N4O3S. The summed E-state index contributed by atoms with van der Waals surface area (Å²) in [5.41, 5.74) is -6.95. The highest BCUT2D eigenvalue weighted by Crippen LogP contribution is 2.39. The highest BCUT2D eigenvalue weighted by Gasteiger charge is 2.38. The van der Waals surface area contributed by atoms with E-state index in [2.05, 4.69) is 5.10 Å². The van der Waals surface area contributed by atoms with Crippen molar-refractivity contribution in [3.63, 3.8) is 0 Å². The molecule has 0 bridgehead atoms. The Labute approximate surface area is 212 Å². The lowest BCUT2D eigenvalue weighted by molar-refractivity contribution is -0.138. The first-order valence-corrected chi connectivity index (χ1v) is 11.7. The van der Waals surface area contributed by atoms with Crippen LogP contribution in [-0.2, 0) is 39.8 Å². The van der Waals surface area contributed by atoms with E-state index in [-0.39, 0.29) is 34.2 Å². The maximum absolute atomic E-state index is 13.8. The molecule has 0 saturated carbocycles. The van der Waals surface area contributed by atoms with Crippen molar-refractivity contribution in [3.8, 4) is 5.69 Å². The van der Waals surface area contributed by atoms with E-state index < -0.39 is 79.4 Å². The van der Waals surface area contributed by atoms with Crippen LogP contribution in [0, 0.1) is 0 Å². The molecule has 0 radical (unpaired) electrons. The van der Waals surface area contributed by atoms with Gasteiger partial charge in [-0.05, 0) is 35.9 Å². The van der Waals surface area contributed by atoms with Gasteiger partial charge in [-0.2, -0.15) is 44.6 Å². The van der Waals surface area contributed by atoms with Crippen LogP contribution in [0.1, 0.15) is 22.3 Å². The van der Waals surface area contributed by atoms with E-state index in [4.69, 9.17) is 16.7 Å². The number of hydrogen-bond acceptors (Lipinski definition) is 4. The molecule has 0 atom stereocenters. The van der Waals surface area contributed by atoms with Crippen LogP contribution >= 0.6 is 11.6 Å². The second-order valence-corrected chi connectivity index (χ2v) is 9.55. The summed E-state index contributed by atoms with van der Waals surface area (Å²) in [6, 6.07) is 2.28. The zero-order chi connectivity index (χ0) is 28.8. The molecule has 1 amide bonds. The number of amides is 1. The van der Waals surface area contributed by atoms with Crippen LogP contribution < -0.4 is 10.5 Å². The molecule has 1 heterocycles. The highest BCUT2D eigenvalue weighted by molar-refractivity contribution is 7.89. The molecule has 0 aliphatic rings. The third-order valence-electron chi connectivity index (χ3n) is 4.87. The quantitative estimate of drug-likeness (QED) is 0.385. The Morgan fingerprint density at radius 1 is 0.947 bits per heavy atom. The number of halogens is 10. The van der Waals surface area contributed by atoms with Gasteiger partial charge >= 0.3 is 18.5 Å². The first-order valence-electron chi connectivity index (χ1n) is 9.73. The van der Waals surface area contributed by atoms with Crippen molar-refractivity contribution in [2.24, 2.45) is 5.14 Å². The monoisotopic (exact) mass is 594 g/mol. The molecule has 18 heteroatoms. The van der Waals surface area contributed by atoms with E-state index in [0.29, 0.717) is 12.1 Å². The summed E-state index contributed by atoms with van der Waals surface area (Å²) in [4.78, 5) is 11.3. The number of primary sulfonamides is 1. The second kappa shape index (κ2) is 9.77. The third-order valence-corrected chi connectivity index (χ3v) is 6.17. The molecule has 0 aliphatic heterocycles. The lowest BCUT2D eigenvalue weighted by atomic mass is 10.1. The van der Waals surface area contributed by atoms with E-state index in [1.54, 1.807) is 5.32 Å². The summed E-state index contributed by atoms with van der Waals surface area (Å²) in [5, 5.41) is 9.72. The number of aromatic nitrogens is 2. The van der Waals surface area contributed by atoms with Gasteiger partial charge < -0.3 is 5.32 Å². The van der Waals surface area contributed by atoms with Crippen LogP contribution in [0.2, 0.25) is 5.02 Å². The van der Waals surface area contributed by atoms with Crippen molar-refractivity contribution in [1.82, 2.24) is 9.78 Å². The van der Waals surface area contributed by atoms with Crippen molar-refractivity contribution in [2.75, 3.05) is 5.32 Å². The second-order valence-electron chi connectivity index (χ2n) is 7.61. The number of rotatable bonds is 5. The molecule has 0 spiro atoms. The summed E-state index contributed by atoms with van der Waals surface area (Å²) in [6.45, 7) is 0. The summed E-state index contributed by atoms with van der Waals surface area (Å²) in [7, 11) is -4.92. The Hall–Kier alpha value is -3.31. The number of alkyl halides is 9. The van der Waals surface area contributed by atoms with E-state index >= 15 is 0 Å².